The van der Waals surface area contributed by atoms with Crippen molar-refractivity contribution in [3.8, 4) is 0 Å². The number of hydrogen-bond donors (Lipinski definition) is 3. The van der Waals surface area contributed by atoms with E-state index >= 15 is 0 Å². The Morgan fingerprint density at radius 1 is 1.69 bits per heavy atom. The Morgan fingerprint density at radius 2 is 2.44 bits per heavy atom. The molecule has 1 heterocycles. The number of nitro groups is 1. The normalized spacial score (nSPS) is 14.5. The van der Waals surface area contributed by atoms with Crippen molar-refractivity contribution in [2.75, 3.05) is 11.9 Å². The van der Waals surface area contributed by atoms with Gasteiger partial charge in [-0.05, 0) is 17.8 Å². The second-order valence-electron chi connectivity index (χ2n) is 3.58. The zero-order chi connectivity index (χ0) is 11.5. The lowest BCUT2D eigenvalue weighted by Gasteiger charge is -2.04. The Bertz CT molecular complexity index is 412. The van der Waals surface area contributed by atoms with E-state index in [1.165, 1.54) is 6.20 Å². The summed E-state index contributed by atoms with van der Waals surface area (Å²) in [6.07, 6.45) is 3.30. The molecule has 3 N–H and O–H groups in total. The monoisotopic (exact) mass is 225 g/mol. The highest BCUT2D eigenvalue weighted by molar-refractivity contribution is 5.81. The van der Waals surface area contributed by atoms with Gasteiger partial charge in [0.1, 0.15) is 6.20 Å². The Kier molecular flexibility index (Phi) is 2.71. The smallest absolute Gasteiger partial charge is 0.366 e. The number of amides is 1. The molecule has 86 valence electrons. The van der Waals surface area contributed by atoms with Crippen LogP contribution in [0.1, 0.15) is 12.8 Å². The fourth-order valence-electron chi connectivity index (χ4n) is 1.23. The third kappa shape index (κ3) is 2.47. The molecular weight excluding hydrogens is 214 g/mol. The van der Waals surface area contributed by atoms with Gasteiger partial charge in [0.2, 0.25) is 5.91 Å². The molecule has 1 aliphatic carbocycles. The highest BCUT2D eigenvalue weighted by Crippen LogP contribution is 2.20. The van der Waals surface area contributed by atoms with E-state index in [0.717, 1.165) is 12.8 Å². The summed E-state index contributed by atoms with van der Waals surface area (Å²) in [5.41, 5.74) is 0.218. The molecule has 0 saturated heterocycles. The largest absolute Gasteiger partial charge is 0.368 e. The molecule has 8 heteroatoms. The summed E-state index contributed by atoms with van der Waals surface area (Å²) in [7, 11) is 0. The predicted octanol–water partition coefficient (Wildman–Crippen LogP) is 0.00840. The van der Waals surface area contributed by atoms with Gasteiger partial charge in [-0.25, -0.2) is 0 Å². The topological polar surface area (TPSA) is 113 Å². The van der Waals surface area contributed by atoms with Crippen molar-refractivity contribution in [1.29, 1.82) is 0 Å². The number of nitrogens with one attached hydrogen (secondary N) is 3. The maximum atomic E-state index is 11.3. The number of aromatic nitrogens is 2. The summed E-state index contributed by atoms with van der Waals surface area (Å²) in [6, 6.07) is 0.286. The molecule has 1 amide bonds. The standard InChI is InChI=1S/C8H11N5O3/c14-7(11-5-1-2-5)4-9-6-3-10-12-8(6)13(15)16/h3,5,9H,1-2,4H2,(H,10,12)(H,11,14). The fourth-order valence-corrected chi connectivity index (χ4v) is 1.23. The van der Waals surface area contributed by atoms with Crippen molar-refractivity contribution >= 4 is 17.4 Å². The molecular formula is C8H11N5O3. The van der Waals surface area contributed by atoms with E-state index in [1.54, 1.807) is 0 Å². The van der Waals surface area contributed by atoms with Crippen LogP contribution < -0.4 is 10.6 Å². The quantitative estimate of drug-likeness (QED) is 0.482. The molecule has 0 radical (unpaired) electrons. The molecule has 0 aromatic carbocycles. The van der Waals surface area contributed by atoms with E-state index in [0.29, 0.717) is 0 Å². The van der Waals surface area contributed by atoms with Crippen LogP contribution in [0.4, 0.5) is 11.5 Å². The number of nitrogens with zero attached hydrogens (tertiary/aromatic N) is 2. The lowest BCUT2D eigenvalue weighted by molar-refractivity contribution is -0.388. The molecule has 0 bridgehead atoms. The maximum absolute atomic E-state index is 11.3. The fraction of sp³-hybridized carbons (Fsp3) is 0.500. The second-order valence-corrected chi connectivity index (χ2v) is 3.58. The van der Waals surface area contributed by atoms with Gasteiger partial charge >= 0.3 is 5.82 Å². The Hall–Kier alpha value is -2.12. The molecule has 2 rings (SSSR count). The number of H-pyrrole nitrogens is 1. The number of carbonyl (C=O) groups is 1. The van der Waals surface area contributed by atoms with Crippen LogP contribution in [-0.4, -0.2) is 33.6 Å². The van der Waals surface area contributed by atoms with Crippen LogP contribution in [0.3, 0.4) is 0 Å². The number of carbonyl (C=O) groups excluding carboxylic acids is 1. The van der Waals surface area contributed by atoms with Crippen LogP contribution in [0.5, 0.6) is 0 Å². The molecule has 1 aliphatic rings. The van der Waals surface area contributed by atoms with Crippen molar-refractivity contribution in [2.45, 2.75) is 18.9 Å². The van der Waals surface area contributed by atoms with Gasteiger partial charge in [-0.3, -0.25) is 4.79 Å². The minimum Gasteiger partial charge on any atom is -0.368 e. The Labute approximate surface area is 90.6 Å². The lowest BCUT2D eigenvalue weighted by atomic mass is 10.4. The van der Waals surface area contributed by atoms with Crippen molar-refractivity contribution < 1.29 is 9.72 Å². The first-order chi connectivity index (χ1) is 7.66. The van der Waals surface area contributed by atoms with Gasteiger partial charge in [0.15, 0.2) is 5.69 Å². The van der Waals surface area contributed by atoms with E-state index in [1.807, 2.05) is 0 Å². The molecule has 1 aromatic heterocycles. The first-order valence-corrected chi connectivity index (χ1v) is 4.88. The van der Waals surface area contributed by atoms with Crippen LogP contribution in [0.15, 0.2) is 6.20 Å². The van der Waals surface area contributed by atoms with Crippen LogP contribution in [-0.2, 0) is 4.79 Å². The van der Waals surface area contributed by atoms with Crippen molar-refractivity contribution in [3.05, 3.63) is 16.3 Å². The third-order valence-corrected chi connectivity index (χ3v) is 2.18. The highest BCUT2D eigenvalue weighted by Gasteiger charge is 2.23. The average Bonchev–Trinajstić information content (AvgIpc) is 2.91. The molecule has 0 unspecified atom stereocenters. The molecule has 0 spiro atoms. The summed E-state index contributed by atoms with van der Waals surface area (Å²) in [5.74, 6) is -0.405. The summed E-state index contributed by atoms with van der Waals surface area (Å²) >= 11 is 0. The minimum atomic E-state index is -0.589. The summed E-state index contributed by atoms with van der Waals surface area (Å²) in [4.78, 5) is 21.2. The van der Waals surface area contributed by atoms with Crippen LogP contribution in [0.2, 0.25) is 0 Å². The third-order valence-electron chi connectivity index (χ3n) is 2.18. The molecule has 16 heavy (non-hydrogen) atoms. The van der Waals surface area contributed by atoms with E-state index in [2.05, 4.69) is 20.8 Å². The summed E-state index contributed by atoms with van der Waals surface area (Å²) in [5, 5.41) is 21.7. The predicted molar refractivity (Wildman–Crippen MR) is 54.9 cm³/mol. The van der Waals surface area contributed by atoms with E-state index in [9.17, 15) is 14.9 Å². The first-order valence-electron chi connectivity index (χ1n) is 4.88. The minimum absolute atomic E-state index is 0.0108. The van der Waals surface area contributed by atoms with Gasteiger partial charge < -0.3 is 20.7 Å². The molecule has 1 aromatic rings. The molecule has 0 atom stereocenters. The maximum Gasteiger partial charge on any atom is 0.366 e. The van der Waals surface area contributed by atoms with Gasteiger partial charge in [0.25, 0.3) is 0 Å². The van der Waals surface area contributed by atoms with Gasteiger partial charge in [-0.2, -0.15) is 0 Å². The van der Waals surface area contributed by atoms with E-state index in [-0.39, 0.29) is 30.0 Å². The summed E-state index contributed by atoms with van der Waals surface area (Å²) in [6.45, 7) is 0.0108. The zero-order valence-corrected chi connectivity index (χ0v) is 8.40. The van der Waals surface area contributed by atoms with E-state index < -0.39 is 4.92 Å². The highest BCUT2D eigenvalue weighted by atomic mass is 16.6. The lowest BCUT2D eigenvalue weighted by Crippen LogP contribution is -2.31. The zero-order valence-electron chi connectivity index (χ0n) is 8.40. The average molecular weight is 225 g/mol. The van der Waals surface area contributed by atoms with Crippen molar-refractivity contribution in [1.82, 2.24) is 15.5 Å². The molecule has 1 fully saturated rings. The number of aromatic amines is 1. The number of rotatable bonds is 5. The summed E-state index contributed by atoms with van der Waals surface area (Å²) < 4.78 is 0. The number of anilines is 1. The first kappa shape index (κ1) is 10.4. The van der Waals surface area contributed by atoms with Gasteiger partial charge in [-0.15, -0.1) is 5.10 Å². The SMILES string of the molecule is O=C(CNc1cn[nH]c1[N+](=O)[O-])NC1CC1. The van der Waals surface area contributed by atoms with Gasteiger partial charge in [-0.1, -0.05) is 5.10 Å². The van der Waals surface area contributed by atoms with Crippen molar-refractivity contribution in [3.63, 3.8) is 0 Å². The van der Waals surface area contributed by atoms with Gasteiger partial charge in [0, 0.05) is 6.04 Å². The molecule has 1 saturated carbocycles. The molecule has 0 aliphatic heterocycles. The number of hydrogen-bond acceptors (Lipinski definition) is 5. The Balaban J connectivity index is 1.85. The van der Waals surface area contributed by atoms with Crippen LogP contribution >= 0.6 is 0 Å². The van der Waals surface area contributed by atoms with E-state index in [4.69, 9.17) is 0 Å². The van der Waals surface area contributed by atoms with Gasteiger partial charge in [0.05, 0.1) is 6.54 Å². The van der Waals surface area contributed by atoms with Crippen LogP contribution in [0, 0.1) is 10.1 Å². The second kappa shape index (κ2) is 4.17. The van der Waals surface area contributed by atoms with Crippen LogP contribution in [0.25, 0.3) is 0 Å². The Morgan fingerprint density at radius 3 is 3.06 bits per heavy atom. The molecule has 8 nitrogen and oxygen atoms in total. The van der Waals surface area contributed by atoms with Crippen molar-refractivity contribution in [2.24, 2.45) is 0 Å².